The summed E-state index contributed by atoms with van der Waals surface area (Å²) < 4.78 is 39.1. The van der Waals surface area contributed by atoms with Crippen molar-refractivity contribution in [3.8, 4) is 11.3 Å². The van der Waals surface area contributed by atoms with E-state index in [0.29, 0.717) is 16.8 Å². The minimum atomic E-state index is -4.47. The van der Waals surface area contributed by atoms with Crippen LogP contribution in [0.3, 0.4) is 0 Å². The molecule has 4 nitrogen and oxygen atoms in total. The lowest BCUT2D eigenvalue weighted by atomic mass is 10.1. The normalized spacial score (nSPS) is 12.2. The number of aryl methyl sites for hydroxylation is 1. The Labute approximate surface area is 107 Å². The zero-order valence-electron chi connectivity index (χ0n) is 10.0. The molecule has 0 aliphatic rings. The van der Waals surface area contributed by atoms with Crippen molar-refractivity contribution in [2.24, 2.45) is 18.0 Å². The summed E-state index contributed by atoms with van der Waals surface area (Å²) in [5, 5.41) is 6.88. The lowest BCUT2D eigenvalue weighted by molar-refractivity contribution is -0.141. The first kappa shape index (κ1) is 13.1. The summed E-state index contributed by atoms with van der Waals surface area (Å²) >= 11 is 0. The first-order valence-electron chi connectivity index (χ1n) is 5.37. The Hall–Kier alpha value is -2.31. The van der Waals surface area contributed by atoms with Crippen LogP contribution in [0.4, 0.5) is 13.2 Å². The number of nitrogens with two attached hydrogens (primary N) is 1. The fraction of sp³-hybridized carbons (Fsp3) is 0.167. The predicted octanol–water partition coefficient (Wildman–Crippen LogP) is 2.40. The SMILES string of the molecule is Cn1nc(C(F)(F)F)cc1-c1ccccc1C=NN. The van der Waals surface area contributed by atoms with E-state index in [1.165, 1.54) is 17.9 Å². The molecule has 0 fully saturated rings. The number of rotatable bonds is 2. The Morgan fingerprint density at radius 3 is 2.58 bits per heavy atom. The molecule has 0 unspecified atom stereocenters. The molecule has 0 bridgehead atoms. The van der Waals surface area contributed by atoms with Crippen LogP contribution in [0.2, 0.25) is 0 Å². The Bertz CT molecular complexity index is 614. The summed E-state index contributed by atoms with van der Waals surface area (Å²) in [5.74, 6) is 5.09. The average molecular weight is 268 g/mol. The first-order chi connectivity index (χ1) is 8.93. The molecular weight excluding hydrogens is 257 g/mol. The first-order valence-corrected chi connectivity index (χ1v) is 5.37. The Balaban J connectivity index is 2.57. The van der Waals surface area contributed by atoms with Crippen molar-refractivity contribution < 1.29 is 13.2 Å². The second kappa shape index (κ2) is 4.75. The summed E-state index contributed by atoms with van der Waals surface area (Å²) in [6, 6.07) is 7.88. The lowest BCUT2D eigenvalue weighted by Crippen LogP contribution is -2.06. The Morgan fingerprint density at radius 2 is 2.00 bits per heavy atom. The number of alkyl halides is 3. The van der Waals surface area contributed by atoms with Crippen LogP contribution in [0, 0.1) is 0 Å². The van der Waals surface area contributed by atoms with Crippen LogP contribution in [0.1, 0.15) is 11.3 Å². The van der Waals surface area contributed by atoms with Crippen LogP contribution in [-0.2, 0) is 13.2 Å². The minimum Gasteiger partial charge on any atom is -0.323 e. The van der Waals surface area contributed by atoms with Crippen LogP contribution in [-0.4, -0.2) is 16.0 Å². The number of aromatic nitrogens is 2. The second-order valence-corrected chi connectivity index (χ2v) is 3.90. The molecule has 2 aromatic rings. The monoisotopic (exact) mass is 268 g/mol. The summed E-state index contributed by atoms with van der Waals surface area (Å²) in [5.41, 5.74) is 0.635. The maximum atomic E-state index is 12.6. The van der Waals surface area contributed by atoms with Crippen LogP contribution < -0.4 is 5.84 Å². The van der Waals surface area contributed by atoms with Crippen LogP contribution in [0.15, 0.2) is 35.4 Å². The van der Waals surface area contributed by atoms with Crippen molar-refractivity contribution in [1.29, 1.82) is 0 Å². The quantitative estimate of drug-likeness (QED) is 0.516. The smallest absolute Gasteiger partial charge is 0.323 e. The molecule has 1 aromatic heterocycles. The molecule has 1 heterocycles. The molecular formula is C12H11F3N4. The van der Waals surface area contributed by atoms with Gasteiger partial charge in [-0.2, -0.15) is 23.4 Å². The molecule has 1 aromatic carbocycles. The minimum absolute atomic E-state index is 0.350. The number of halogens is 3. The number of hydrazone groups is 1. The molecule has 7 heteroatoms. The lowest BCUT2D eigenvalue weighted by Gasteiger charge is -2.05. The zero-order chi connectivity index (χ0) is 14.0. The predicted molar refractivity (Wildman–Crippen MR) is 65.4 cm³/mol. The Morgan fingerprint density at radius 1 is 1.32 bits per heavy atom. The van der Waals surface area contributed by atoms with Gasteiger partial charge in [-0.05, 0) is 6.07 Å². The maximum absolute atomic E-state index is 12.6. The molecule has 0 saturated carbocycles. The summed E-state index contributed by atoms with van der Waals surface area (Å²) in [7, 11) is 1.46. The van der Waals surface area contributed by atoms with Gasteiger partial charge in [-0.3, -0.25) is 4.68 Å². The highest BCUT2D eigenvalue weighted by atomic mass is 19.4. The van der Waals surface area contributed by atoms with Gasteiger partial charge in [0.25, 0.3) is 0 Å². The number of hydrogen-bond acceptors (Lipinski definition) is 3. The third kappa shape index (κ3) is 2.59. The van der Waals surface area contributed by atoms with Crippen molar-refractivity contribution in [1.82, 2.24) is 9.78 Å². The largest absolute Gasteiger partial charge is 0.435 e. The van der Waals surface area contributed by atoms with E-state index in [1.54, 1.807) is 24.3 Å². The van der Waals surface area contributed by atoms with Crippen molar-refractivity contribution in [2.75, 3.05) is 0 Å². The van der Waals surface area contributed by atoms with E-state index in [4.69, 9.17) is 5.84 Å². The van der Waals surface area contributed by atoms with Gasteiger partial charge in [0.1, 0.15) is 0 Å². The maximum Gasteiger partial charge on any atom is 0.435 e. The zero-order valence-corrected chi connectivity index (χ0v) is 10.0. The van der Waals surface area contributed by atoms with Gasteiger partial charge in [0.2, 0.25) is 0 Å². The van der Waals surface area contributed by atoms with E-state index < -0.39 is 11.9 Å². The van der Waals surface area contributed by atoms with Gasteiger partial charge in [-0.25, -0.2) is 0 Å². The molecule has 0 aliphatic carbocycles. The van der Waals surface area contributed by atoms with Gasteiger partial charge < -0.3 is 5.84 Å². The van der Waals surface area contributed by atoms with E-state index in [9.17, 15) is 13.2 Å². The molecule has 0 aliphatic heterocycles. The fourth-order valence-corrected chi connectivity index (χ4v) is 1.78. The van der Waals surface area contributed by atoms with Crippen molar-refractivity contribution >= 4 is 6.21 Å². The molecule has 0 saturated heterocycles. The van der Waals surface area contributed by atoms with E-state index >= 15 is 0 Å². The van der Waals surface area contributed by atoms with Gasteiger partial charge in [-0.15, -0.1) is 0 Å². The molecule has 0 radical (unpaired) electrons. The van der Waals surface area contributed by atoms with E-state index in [2.05, 4.69) is 10.2 Å². The van der Waals surface area contributed by atoms with Gasteiger partial charge in [0.05, 0.1) is 11.9 Å². The van der Waals surface area contributed by atoms with Crippen LogP contribution in [0.25, 0.3) is 11.3 Å². The topological polar surface area (TPSA) is 56.2 Å². The van der Waals surface area contributed by atoms with Gasteiger partial charge in [0.15, 0.2) is 5.69 Å². The van der Waals surface area contributed by atoms with Gasteiger partial charge >= 0.3 is 6.18 Å². The van der Waals surface area contributed by atoms with Crippen molar-refractivity contribution in [2.45, 2.75) is 6.18 Å². The molecule has 100 valence electrons. The van der Waals surface area contributed by atoms with Crippen molar-refractivity contribution in [3.05, 3.63) is 41.6 Å². The van der Waals surface area contributed by atoms with E-state index in [0.717, 1.165) is 6.07 Å². The number of hydrogen-bond donors (Lipinski definition) is 1. The molecule has 0 spiro atoms. The summed E-state index contributed by atoms with van der Waals surface area (Å²) in [6.45, 7) is 0. The van der Waals surface area contributed by atoms with E-state index in [-0.39, 0.29) is 0 Å². The van der Waals surface area contributed by atoms with Gasteiger partial charge in [0, 0.05) is 18.2 Å². The molecule has 2 N–H and O–H groups in total. The van der Waals surface area contributed by atoms with Gasteiger partial charge in [-0.1, -0.05) is 24.3 Å². The van der Waals surface area contributed by atoms with Crippen LogP contribution in [0.5, 0.6) is 0 Å². The summed E-state index contributed by atoms with van der Waals surface area (Å²) in [6.07, 6.45) is -3.08. The van der Waals surface area contributed by atoms with Crippen LogP contribution >= 0.6 is 0 Å². The standard InChI is InChI=1S/C12H11F3N4/c1-19-10(6-11(18-19)12(13,14)15)9-5-3-2-4-8(9)7-17-16/h2-7H,16H2,1H3. The average Bonchev–Trinajstić information content (AvgIpc) is 2.72. The third-order valence-corrected chi connectivity index (χ3v) is 2.62. The van der Waals surface area contributed by atoms with E-state index in [1.807, 2.05) is 0 Å². The summed E-state index contributed by atoms with van der Waals surface area (Å²) in [4.78, 5) is 0. The number of nitrogens with zero attached hydrogens (tertiary/aromatic N) is 3. The molecule has 0 amide bonds. The highest BCUT2D eigenvalue weighted by molar-refractivity contribution is 5.89. The molecule has 2 rings (SSSR count). The molecule has 0 atom stereocenters. The molecule has 19 heavy (non-hydrogen) atoms. The number of benzene rings is 1. The Kier molecular flexibility index (Phi) is 3.28. The third-order valence-electron chi connectivity index (χ3n) is 2.62. The second-order valence-electron chi connectivity index (χ2n) is 3.90. The fourth-order valence-electron chi connectivity index (χ4n) is 1.78. The highest BCUT2D eigenvalue weighted by Gasteiger charge is 2.34. The van der Waals surface area contributed by atoms with Crippen molar-refractivity contribution in [3.63, 3.8) is 0 Å². The highest BCUT2D eigenvalue weighted by Crippen LogP contribution is 2.32.